The first kappa shape index (κ1) is 18.2. The number of fused-ring (bicyclic) bond motifs is 1. The Bertz CT molecular complexity index is 803. The van der Waals surface area contributed by atoms with Crippen LogP contribution in [-0.2, 0) is 13.0 Å². The summed E-state index contributed by atoms with van der Waals surface area (Å²) in [5, 5.41) is 0. The lowest BCUT2D eigenvalue weighted by Gasteiger charge is -2.30. The van der Waals surface area contributed by atoms with Gasteiger partial charge in [0.2, 0.25) is 0 Å². The fraction of sp³-hybridized carbons (Fsp3) is 0.350. The molecule has 2 aromatic carbocycles. The number of carbonyl (C=O) groups is 1. The van der Waals surface area contributed by atoms with E-state index in [1.165, 1.54) is 0 Å². The highest BCUT2D eigenvalue weighted by atomic mass is 19.1. The van der Waals surface area contributed by atoms with Crippen molar-refractivity contribution in [3.8, 4) is 11.5 Å². The third-order valence-corrected chi connectivity index (χ3v) is 4.27. The van der Waals surface area contributed by atoms with Gasteiger partial charge in [-0.2, -0.15) is 0 Å². The smallest absolute Gasteiger partial charge is 0.254 e. The monoisotopic (exact) mass is 361 g/mol. The molecule has 0 N–H and O–H groups in total. The third kappa shape index (κ3) is 3.79. The van der Waals surface area contributed by atoms with Gasteiger partial charge in [-0.05, 0) is 55.7 Å². The predicted octanol–water partition coefficient (Wildman–Crippen LogP) is 3.96. The van der Waals surface area contributed by atoms with E-state index in [2.05, 4.69) is 0 Å². The van der Waals surface area contributed by atoms with E-state index in [-0.39, 0.29) is 11.5 Å². The van der Waals surface area contributed by atoms with Gasteiger partial charge in [-0.3, -0.25) is 4.79 Å². The minimum Gasteiger partial charge on any atom is -0.490 e. The lowest BCUT2D eigenvalue weighted by Crippen LogP contribution is -2.36. The van der Waals surface area contributed by atoms with Crippen LogP contribution in [0.1, 0.15) is 35.3 Å². The van der Waals surface area contributed by atoms with Crippen LogP contribution in [0.5, 0.6) is 11.5 Å². The SMILES string of the molecule is CCOc1cc2c(cc1OCC)CN(C(=O)c1cc(F)cc(F)c1)CC2. The fourth-order valence-electron chi connectivity index (χ4n) is 3.13. The molecule has 0 spiro atoms. The van der Waals surface area contributed by atoms with E-state index in [0.29, 0.717) is 44.2 Å². The fourth-order valence-corrected chi connectivity index (χ4v) is 3.13. The Morgan fingerprint density at radius 2 is 1.54 bits per heavy atom. The Balaban J connectivity index is 1.86. The second-order valence-corrected chi connectivity index (χ2v) is 6.07. The first-order valence-corrected chi connectivity index (χ1v) is 8.68. The van der Waals surface area contributed by atoms with Gasteiger partial charge in [0, 0.05) is 24.7 Å². The molecule has 1 heterocycles. The number of amides is 1. The summed E-state index contributed by atoms with van der Waals surface area (Å²) in [6.07, 6.45) is 0.644. The maximum Gasteiger partial charge on any atom is 0.254 e. The number of hydrogen-bond donors (Lipinski definition) is 0. The average molecular weight is 361 g/mol. The van der Waals surface area contributed by atoms with Crippen molar-refractivity contribution in [1.82, 2.24) is 4.90 Å². The summed E-state index contributed by atoms with van der Waals surface area (Å²) in [6, 6.07) is 6.71. The standard InChI is InChI=1S/C20H21F2NO3/c1-3-25-18-9-13-5-6-23(12-15(13)10-19(18)26-4-2)20(24)14-7-16(21)11-17(22)8-14/h7-11H,3-6,12H2,1-2H3. The molecule has 4 nitrogen and oxygen atoms in total. The molecule has 2 aromatic rings. The van der Waals surface area contributed by atoms with Gasteiger partial charge in [-0.25, -0.2) is 8.78 Å². The number of ether oxygens (including phenoxy) is 2. The van der Waals surface area contributed by atoms with Gasteiger partial charge in [0.25, 0.3) is 5.91 Å². The molecule has 0 fully saturated rings. The van der Waals surface area contributed by atoms with Gasteiger partial charge >= 0.3 is 0 Å². The largest absolute Gasteiger partial charge is 0.490 e. The lowest BCUT2D eigenvalue weighted by atomic mass is 9.98. The molecule has 1 aliphatic rings. The molecule has 0 atom stereocenters. The zero-order valence-electron chi connectivity index (χ0n) is 14.9. The molecule has 0 aliphatic carbocycles. The summed E-state index contributed by atoms with van der Waals surface area (Å²) in [5.74, 6) is -0.573. The van der Waals surface area contributed by atoms with Crippen LogP contribution in [0.25, 0.3) is 0 Å². The number of hydrogen-bond acceptors (Lipinski definition) is 3. The van der Waals surface area contributed by atoms with Gasteiger partial charge in [0.05, 0.1) is 13.2 Å². The van der Waals surface area contributed by atoms with Crippen molar-refractivity contribution in [3.63, 3.8) is 0 Å². The normalized spacial score (nSPS) is 13.3. The molecule has 0 aromatic heterocycles. The van der Waals surface area contributed by atoms with E-state index in [0.717, 1.165) is 29.3 Å². The van der Waals surface area contributed by atoms with Crippen molar-refractivity contribution < 1.29 is 23.0 Å². The van der Waals surface area contributed by atoms with Crippen LogP contribution in [0.3, 0.4) is 0 Å². The Hall–Kier alpha value is -2.63. The molecule has 0 saturated heterocycles. The molecule has 138 valence electrons. The van der Waals surface area contributed by atoms with Crippen LogP contribution in [0.2, 0.25) is 0 Å². The Morgan fingerprint density at radius 1 is 0.962 bits per heavy atom. The number of rotatable bonds is 5. The molecule has 0 saturated carbocycles. The van der Waals surface area contributed by atoms with Crippen LogP contribution in [-0.4, -0.2) is 30.6 Å². The molecule has 1 aliphatic heterocycles. The van der Waals surface area contributed by atoms with Crippen LogP contribution in [0.4, 0.5) is 8.78 Å². The van der Waals surface area contributed by atoms with Gasteiger partial charge in [-0.1, -0.05) is 0 Å². The lowest BCUT2D eigenvalue weighted by molar-refractivity contribution is 0.0733. The highest BCUT2D eigenvalue weighted by Crippen LogP contribution is 2.34. The van der Waals surface area contributed by atoms with Gasteiger partial charge < -0.3 is 14.4 Å². The average Bonchev–Trinajstić information content (AvgIpc) is 2.61. The van der Waals surface area contributed by atoms with E-state index in [1.54, 1.807) is 4.90 Å². The molecule has 0 bridgehead atoms. The highest BCUT2D eigenvalue weighted by molar-refractivity contribution is 5.94. The molecular weight excluding hydrogens is 340 g/mol. The van der Waals surface area contributed by atoms with Gasteiger partial charge in [-0.15, -0.1) is 0 Å². The Labute approximate surface area is 151 Å². The second-order valence-electron chi connectivity index (χ2n) is 6.07. The van der Waals surface area contributed by atoms with Crippen LogP contribution >= 0.6 is 0 Å². The van der Waals surface area contributed by atoms with Crippen molar-refractivity contribution in [2.75, 3.05) is 19.8 Å². The van der Waals surface area contributed by atoms with E-state index in [4.69, 9.17) is 9.47 Å². The quantitative estimate of drug-likeness (QED) is 0.809. The predicted molar refractivity (Wildman–Crippen MR) is 93.6 cm³/mol. The summed E-state index contributed by atoms with van der Waals surface area (Å²) < 4.78 is 38.1. The summed E-state index contributed by atoms with van der Waals surface area (Å²) in [4.78, 5) is 14.2. The van der Waals surface area contributed by atoms with Crippen molar-refractivity contribution in [3.05, 3.63) is 58.7 Å². The van der Waals surface area contributed by atoms with E-state index < -0.39 is 11.6 Å². The molecule has 3 rings (SSSR count). The third-order valence-electron chi connectivity index (χ3n) is 4.27. The van der Waals surface area contributed by atoms with Crippen LogP contribution < -0.4 is 9.47 Å². The summed E-state index contributed by atoms with van der Waals surface area (Å²) >= 11 is 0. The van der Waals surface area contributed by atoms with Crippen LogP contribution in [0, 0.1) is 11.6 Å². The molecule has 1 amide bonds. The van der Waals surface area contributed by atoms with Gasteiger partial charge in [0.15, 0.2) is 11.5 Å². The highest BCUT2D eigenvalue weighted by Gasteiger charge is 2.24. The van der Waals surface area contributed by atoms with Crippen molar-refractivity contribution in [2.45, 2.75) is 26.8 Å². The molecule has 0 radical (unpaired) electrons. The molecular formula is C20H21F2NO3. The summed E-state index contributed by atoms with van der Waals surface area (Å²) in [6.45, 7) is 5.68. The topological polar surface area (TPSA) is 38.8 Å². The minimum absolute atomic E-state index is 0.0157. The number of benzene rings is 2. The molecule has 0 unspecified atom stereocenters. The Kier molecular flexibility index (Phi) is 5.40. The Morgan fingerprint density at radius 3 is 2.12 bits per heavy atom. The first-order valence-electron chi connectivity index (χ1n) is 8.68. The van der Waals surface area contributed by atoms with E-state index >= 15 is 0 Å². The minimum atomic E-state index is -0.759. The van der Waals surface area contributed by atoms with Crippen molar-refractivity contribution >= 4 is 5.91 Å². The first-order chi connectivity index (χ1) is 12.5. The van der Waals surface area contributed by atoms with Gasteiger partial charge in [0.1, 0.15) is 11.6 Å². The zero-order chi connectivity index (χ0) is 18.7. The zero-order valence-corrected chi connectivity index (χ0v) is 14.9. The van der Waals surface area contributed by atoms with Crippen LogP contribution in [0.15, 0.2) is 30.3 Å². The second kappa shape index (κ2) is 7.72. The maximum absolute atomic E-state index is 13.4. The number of nitrogens with zero attached hydrogens (tertiary/aromatic N) is 1. The molecule has 26 heavy (non-hydrogen) atoms. The van der Waals surface area contributed by atoms with E-state index in [9.17, 15) is 13.6 Å². The van der Waals surface area contributed by atoms with Crippen molar-refractivity contribution in [1.29, 1.82) is 0 Å². The number of halogens is 2. The van der Waals surface area contributed by atoms with E-state index in [1.807, 2.05) is 26.0 Å². The van der Waals surface area contributed by atoms with Crippen molar-refractivity contribution in [2.24, 2.45) is 0 Å². The molecule has 6 heteroatoms. The summed E-state index contributed by atoms with van der Waals surface area (Å²) in [7, 11) is 0. The maximum atomic E-state index is 13.4. The number of carbonyl (C=O) groups excluding carboxylic acids is 1. The summed E-state index contributed by atoms with van der Waals surface area (Å²) in [5.41, 5.74) is 2.06.